The minimum atomic E-state index is -0.433. The molecule has 0 fully saturated rings. The van der Waals surface area contributed by atoms with Crippen molar-refractivity contribution < 1.29 is 4.79 Å². The number of amidine groups is 1. The summed E-state index contributed by atoms with van der Waals surface area (Å²) in [5, 5.41) is 3.89. The Bertz CT molecular complexity index is 522. The number of aliphatic imine (C=N–C) groups is 1. The highest BCUT2D eigenvalue weighted by Crippen LogP contribution is 2.31. The predicted octanol–water partition coefficient (Wildman–Crippen LogP) is 1.81. The number of allylic oxidation sites excluding steroid dienone is 1. The molecule has 1 heterocycles. The fourth-order valence-corrected chi connectivity index (χ4v) is 2.41. The molecule has 0 saturated carbocycles. The average Bonchev–Trinajstić information content (AvgIpc) is 2.38. The largest absolute Gasteiger partial charge is 0.366 e. The average molecular weight is 261 g/mol. The second kappa shape index (κ2) is 5.27. The van der Waals surface area contributed by atoms with Gasteiger partial charge in [-0.05, 0) is 18.7 Å². The van der Waals surface area contributed by atoms with Gasteiger partial charge in [0.05, 0.1) is 5.57 Å². The van der Waals surface area contributed by atoms with Crippen LogP contribution in [0.2, 0.25) is 0 Å². The van der Waals surface area contributed by atoms with Gasteiger partial charge in [0.1, 0.15) is 6.04 Å². The summed E-state index contributed by atoms with van der Waals surface area (Å²) in [6.45, 7) is 1.85. The van der Waals surface area contributed by atoms with Gasteiger partial charge in [0.15, 0.2) is 5.17 Å². The molecule has 4 nitrogen and oxygen atoms in total. The highest BCUT2D eigenvalue weighted by molar-refractivity contribution is 8.13. The van der Waals surface area contributed by atoms with Gasteiger partial charge in [-0.3, -0.25) is 4.79 Å². The molecule has 1 aliphatic rings. The third kappa shape index (κ3) is 2.41. The van der Waals surface area contributed by atoms with Gasteiger partial charge in [-0.1, -0.05) is 42.1 Å². The van der Waals surface area contributed by atoms with E-state index in [2.05, 4.69) is 10.3 Å². The fourth-order valence-electron chi connectivity index (χ4n) is 1.95. The maximum atomic E-state index is 11.6. The van der Waals surface area contributed by atoms with Crippen LogP contribution in [0.5, 0.6) is 0 Å². The van der Waals surface area contributed by atoms with Gasteiger partial charge in [-0.15, -0.1) is 0 Å². The number of rotatable bonds is 2. The van der Waals surface area contributed by atoms with E-state index in [4.69, 9.17) is 5.73 Å². The normalized spacial score (nSPS) is 19.2. The van der Waals surface area contributed by atoms with E-state index in [1.165, 1.54) is 11.8 Å². The van der Waals surface area contributed by atoms with Crippen LogP contribution < -0.4 is 11.1 Å². The van der Waals surface area contributed by atoms with Crippen molar-refractivity contribution in [1.82, 2.24) is 5.32 Å². The van der Waals surface area contributed by atoms with Crippen molar-refractivity contribution in [3.63, 3.8) is 0 Å². The topological polar surface area (TPSA) is 67.5 Å². The fraction of sp³-hybridized carbons (Fsp3) is 0.231. The number of primary amides is 1. The molecule has 0 saturated heterocycles. The van der Waals surface area contributed by atoms with Gasteiger partial charge in [0, 0.05) is 5.70 Å². The summed E-state index contributed by atoms with van der Waals surface area (Å²) in [6, 6.07) is 9.39. The molecule has 0 spiro atoms. The first-order valence-electron chi connectivity index (χ1n) is 5.58. The molecule has 0 unspecified atom stereocenters. The summed E-state index contributed by atoms with van der Waals surface area (Å²) in [7, 11) is 0. The lowest BCUT2D eigenvalue weighted by Crippen LogP contribution is -2.32. The minimum absolute atomic E-state index is 0.313. The maximum Gasteiger partial charge on any atom is 0.248 e. The van der Waals surface area contributed by atoms with E-state index in [1.54, 1.807) is 0 Å². The summed E-state index contributed by atoms with van der Waals surface area (Å²) >= 11 is 1.51. The molecule has 18 heavy (non-hydrogen) atoms. The number of hydrogen-bond acceptors (Lipinski definition) is 4. The number of thioether (sulfide) groups is 1. The van der Waals surface area contributed by atoms with Gasteiger partial charge >= 0.3 is 0 Å². The third-order valence-corrected chi connectivity index (χ3v) is 3.39. The predicted molar refractivity (Wildman–Crippen MR) is 75.2 cm³/mol. The molecule has 3 N–H and O–H groups in total. The molecule has 1 aliphatic heterocycles. The zero-order valence-corrected chi connectivity index (χ0v) is 11.1. The summed E-state index contributed by atoms with van der Waals surface area (Å²) in [6.07, 6.45) is 1.94. The van der Waals surface area contributed by atoms with Crippen LogP contribution in [0.3, 0.4) is 0 Å². The van der Waals surface area contributed by atoms with Crippen molar-refractivity contribution in [3.8, 4) is 0 Å². The third-order valence-electron chi connectivity index (χ3n) is 2.79. The van der Waals surface area contributed by atoms with Crippen molar-refractivity contribution in [2.75, 3.05) is 6.26 Å². The maximum absolute atomic E-state index is 11.6. The monoisotopic (exact) mass is 261 g/mol. The van der Waals surface area contributed by atoms with Gasteiger partial charge in [0.2, 0.25) is 5.91 Å². The molecule has 2 rings (SSSR count). The lowest BCUT2D eigenvalue weighted by Gasteiger charge is -2.24. The van der Waals surface area contributed by atoms with E-state index in [-0.39, 0.29) is 6.04 Å². The van der Waals surface area contributed by atoms with Crippen molar-refractivity contribution >= 4 is 22.8 Å². The Morgan fingerprint density at radius 3 is 2.61 bits per heavy atom. The van der Waals surface area contributed by atoms with Crippen molar-refractivity contribution in [1.29, 1.82) is 0 Å². The Kier molecular flexibility index (Phi) is 3.72. The molecule has 0 aromatic heterocycles. The molecule has 0 aliphatic carbocycles. The van der Waals surface area contributed by atoms with Crippen LogP contribution in [-0.2, 0) is 4.79 Å². The molecule has 1 aromatic rings. The first-order valence-corrected chi connectivity index (χ1v) is 6.80. The number of hydrogen-bond donors (Lipinski definition) is 2. The Morgan fingerprint density at radius 2 is 2.06 bits per heavy atom. The van der Waals surface area contributed by atoms with E-state index in [9.17, 15) is 4.79 Å². The zero-order chi connectivity index (χ0) is 13.1. The molecule has 94 valence electrons. The Labute approximate surface area is 110 Å². The molecule has 1 aromatic carbocycles. The minimum Gasteiger partial charge on any atom is -0.366 e. The zero-order valence-electron chi connectivity index (χ0n) is 10.3. The number of nitrogens with zero attached hydrogens (tertiary/aromatic N) is 1. The lowest BCUT2D eigenvalue weighted by molar-refractivity contribution is -0.114. The molecule has 1 amide bonds. The number of carbonyl (C=O) groups is 1. The second-order valence-corrected chi connectivity index (χ2v) is 4.77. The molecular formula is C13H15N3OS. The Balaban J connectivity index is 2.48. The van der Waals surface area contributed by atoms with Crippen LogP contribution in [-0.4, -0.2) is 17.3 Å². The second-order valence-electron chi connectivity index (χ2n) is 3.98. The van der Waals surface area contributed by atoms with E-state index < -0.39 is 5.91 Å². The van der Waals surface area contributed by atoms with E-state index in [1.807, 2.05) is 43.5 Å². The standard InChI is InChI=1S/C13H15N3OS/c1-8-10(12(14)17)11(16-13(15-8)18-2)9-6-4-3-5-7-9/h3-7,11H,1-2H3,(H2,14,17)(H,15,16)/t11-/m0/s1. The first kappa shape index (κ1) is 12.7. The van der Waals surface area contributed by atoms with Crippen LogP contribution in [0.1, 0.15) is 18.5 Å². The van der Waals surface area contributed by atoms with Crippen LogP contribution in [0, 0.1) is 0 Å². The first-order chi connectivity index (χ1) is 8.63. The molecule has 0 bridgehead atoms. The van der Waals surface area contributed by atoms with Gasteiger partial charge in [-0.25, -0.2) is 4.99 Å². The van der Waals surface area contributed by atoms with Crippen LogP contribution >= 0.6 is 11.8 Å². The Hall–Kier alpha value is -1.75. The van der Waals surface area contributed by atoms with E-state index in [0.717, 1.165) is 16.4 Å². The summed E-state index contributed by atoms with van der Waals surface area (Å²) < 4.78 is 0. The van der Waals surface area contributed by atoms with E-state index in [0.29, 0.717) is 5.57 Å². The van der Waals surface area contributed by atoms with Gasteiger partial charge in [-0.2, -0.15) is 0 Å². The van der Waals surface area contributed by atoms with Crippen molar-refractivity contribution in [3.05, 3.63) is 47.2 Å². The molecular weight excluding hydrogens is 246 g/mol. The highest BCUT2D eigenvalue weighted by Gasteiger charge is 2.27. The van der Waals surface area contributed by atoms with Gasteiger partial charge in [0.25, 0.3) is 0 Å². The molecule has 5 heteroatoms. The number of carbonyl (C=O) groups excluding carboxylic acids is 1. The Morgan fingerprint density at radius 1 is 1.39 bits per heavy atom. The SMILES string of the molecule is CSC1=N[C@@H](c2ccccc2)C(C(N)=O)=C(C)N1. The molecule has 0 radical (unpaired) electrons. The quantitative estimate of drug-likeness (QED) is 0.853. The number of amides is 1. The highest BCUT2D eigenvalue weighted by atomic mass is 32.2. The smallest absolute Gasteiger partial charge is 0.248 e. The molecule has 1 atom stereocenters. The van der Waals surface area contributed by atoms with E-state index >= 15 is 0 Å². The van der Waals surface area contributed by atoms with Crippen LogP contribution in [0.25, 0.3) is 0 Å². The number of nitrogens with one attached hydrogen (secondary N) is 1. The van der Waals surface area contributed by atoms with Crippen LogP contribution in [0.4, 0.5) is 0 Å². The lowest BCUT2D eigenvalue weighted by atomic mass is 9.96. The summed E-state index contributed by atoms with van der Waals surface area (Å²) in [5.41, 5.74) is 7.73. The summed E-state index contributed by atoms with van der Waals surface area (Å²) in [5.74, 6) is -0.433. The van der Waals surface area contributed by atoms with Gasteiger partial charge < -0.3 is 11.1 Å². The van der Waals surface area contributed by atoms with Crippen LogP contribution in [0.15, 0.2) is 46.6 Å². The van der Waals surface area contributed by atoms with Crippen molar-refractivity contribution in [2.24, 2.45) is 10.7 Å². The van der Waals surface area contributed by atoms with Crippen molar-refractivity contribution in [2.45, 2.75) is 13.0 Å². The summed E-state index contributed by atoms with van der Waals surface area (Å²) in [4.78, 5) is 16.1. The number of nitrogens with two attached hydrogens (primary N) is 1. The number of benzene rings is 1.